The van der Waals surface area contributed by atoms with Gasteiger partial charge in [-0.1, -0.05) is 0 Å². The van der Waals surface area contributed by atoms with E-state index in [4.69, 9.17) is 4.74 Å². The molecule has 0 spiro atoms. The third-order valence-corrected chi connectivity index (χ3v) is 4.59. The molecule has 7 nitrogen and oxygen atoms in total. The molecule has 0 unspecified atom stereocenters. The molecular formula is C18H12FIN2O5. The normalized spacial score (nSPS) is 15.9. The highest BCUT2D eigenvalue weighted by Gasteiger charge is 2.36. The number of carbonyl (C=O) groups excluding carboxylic acids is 3. The molecule has 0 aromatic heterocycles. The number of phenols is 1. The first kappa shape index (κ1) is 18.8. The summed E-state index contributed by atoms with van der Waals surface area (Å²) in [4.78, 5) is 37.7. The lowest BCUT2D eigenvalue weighted by Gasteiger charge is -2.26. The molecule has 0 atom stereocenters. The molecule has 2 aromatic rings. The Kier molecular flexibility index (Phi) is 5.13. The average Bonchev–Trinajstić information content (AvgIpc) is 2.62. The summed E-state index contributed by atoms with van der Waals surface area (Å²) < 4.78 is 18.6. The van der Waals surface area contributed by atoms with Crippen LogP contribution in [-0.2, 0) is 9.59 Å². The van der Waals surface area contributed by atoms with Crippen LogP contribution in [0.5, 0.6) is 11.5 Å². The number of imide groups is 2. The van der Waals surface area contributed by atoms with Gasteiger partial charge in [0, 0.05) is 0 Å². The van der Waals surface area contributed by atoms with Gasteiger partial charge in [0.15, 0.2) is 11.5 Å². The summed E-state index contributed by atoms with van der Waals surface area (Å²) in [5, 5.41) is 12.0. The van der Waals surface area contributed by atoms with E-state index >= 15 is 0 Å². The van der Waals surface area contributed by atoms with E-state index in [1.165, 1.54) is 31.4 Å². The fourth-order valence-corrected chi connectivity index (χ4v) is 3.11. The summed E-state index contributed by atoms with van der Waals surface area (Å²) in [6.45, 7) is 0. The van der Waals surface area contributed by atoms with Crippen LogP contribution in [0.2, 0.25) is 0 Å². The average molecular weight is 482 g/mol. The molecule has 0 saturated carbocycles. The molecule has 27 heavy (non-hydrogen) atoms. The van der Waals surface area contributed by atoms with Crippen molar-refractivity contribution in [3.8, 4) is 11.5 Å². The minimum atomic E-state index is -0.924. The molecule has 0 bridgehead atoms. The van der Waals surface area contributed by atoms with Gasteiger partial charge in [0.2, 0.25) is 0 Å². The lowest BCUT2D eigenvalue weighted by Crippen LogP contribution is -2.54. The Hall–Kier alpha value is -2.95. The van der Waals surface area contributed by atoms with E-state index in [0.717, 1.165) is 17.0 Å². The number of aromatic hydroxyl groups is 1. The predicted octanol–water partition coefficient (Wildman–Crippen LogP) is 2.81. The minimum Gasteiger partial charge on any atom is -0.504 e. The van der Waals surface area contributed by atoms with Crippen molar-refractivity contribution >= 4 is 52.2 Å². The molecule has 0 aliphatic carbocycles. The van der Waals surface area contributed by atoms with Crippen LogP contribution in [-0.4, -0.2) is 30.1 Å². The Labute approximate surface area is 166 Å². The van der Waals surface area contributed by atoms with Gasteiger partial charge in [-0.25, -0.2) is 14.1 Å². The van der Waals surface area contributed by atoms with Crippen molar-refractivity contribution in [3.63, 3.8) is 0 Å². The maximum atomic E-state index is 13.1. The number of carbonyl (C=O) groups is 3. The summed E-state index contributed by atoms with van der Waals surface area (Å²) in [7, 11) is 1.37. The third kappa shape index (κ3) is 3.63. The number of phenolic OH excluding ortho intramolecular Hbond substituents is 1. The van der Waals surface area contributed by atoms with Crippen LogP contribution >= 0.6 is 22.6 Å². The number of rotatable bonds is 3. The zero-order chi connectivity index (χ0) is 19.7. The fourth-order valence-electron chi connectivity index (χ4n) is 2.48. The second-order valence-electron chi connectivity index (χ2n) is 5.49. The molecule has 1 aliphatic heterocycles. The lowest BCUT2D eigenvalue weighted by molar-refractivity contribution is -0.122. The molecule has 1 heterocycles. The number of anilines is 1. The van der Waals surface area contributed by atoms with E-state index in [0.29, 0.717) is 9.13 Å². The molecule has 1 saturated heterocycles. The zero-order valence-corrected chi connectivity index (χ0v) is 16.0. The van der Waals surface area contributed by atoms with Gasteiger partial charge in [-0.15, -0.1) is 0 Å². The second kappa shape index (κ2) is 7.35. The van der Waals surface area contributed by atoms with E-state index in [1.807, 2.05) is 22.6 Å². The molecule has 4 amide bonds. The number of nitrogens with zero attached hydrogens (tertiary/aromatic N) is 1. The number of benzene rings is 2. The smallest absolute Gasteiger partial charge is 0.335 e. The van der Waals surface area contributed by atoms with Crippen molar-refractivity contribution in [1.82, 2.24) is 5.32 Å². The standard InChI is InChI=1S/C18H12FIN2O5/c1-27-14-8-9(7-13(20)15(14)23)6-12-16(24)21-18(26)22(17(12)25)11-4-2-10(19)3-5-11/h2-8,23H,1H3,(H,21,24,26)/b12-6+. The summed E-state index contributed by atoms with van der Waals surface area (Å²) >= 11 is 1.88. The van der Waals surface area contributed by atoms with Gasteiger partial charge in [-0.05, 0) is 70.6 Å². The van der Waals surface area contributed by atoms with E-state index in [2.05, 4.69) is 5.32 Å². The number of hydrogen-bond donors (Lipinski definition) is 2. The topological polar surface area (TPSA) is 95.9 Å². The Morgan fingerprint density at radius 2 is 1.85 bits per heavy atom. The van der Waals surface area contributed by atoms with Crippen LogP contribution in [0.3, 0.4) is 0 Å². The van der Waals surface area contributed by atoms with Crippen LogP contribution in [0.4, 0.5) is 14.9 Å². The van der Waals surface area contributed by atoms with Crippen LogP contribution in [0, 0.1) is 9.39 Å². The Morgan fingerprint density at radius 1 is 1.19 bits per heavy atom. The Balaban J connectivity index is 2.04. The first-order valence-electron chi connectivity index (χ1n) is 7.55. The number of urea groups is 1. The summed E-state index contributed by atoms with van der Waals surface area (Å²) in [6, 6.07) is 6.78. The second-order valence-corrected chi connectivity index (χ2v) is 6.65. The maximum absolute atomic E-state index is 13.1. The van der Waals surface area contributed by atoms with Gasteiger partial charge in [0.05, 0.1) is 16.4 Å². The first-order valence-corrected chi connectivity index (χ1v) is 8.63. The molecule has 1 aliphatic rings. The Bertz CT molecular complexity index is 988. The van der Waals surface area contributed by atoms with E-state index < -0.39 is 23.7 Å². The van der Waals surface area contributed by atoms with Gasteiger partial charge in [-0.2, -0.15) is 0 Å². The number of barbiturate groups is 1. The highest BCUT2D eigenvalue weighted by Crippen LogP contribution is 2.33. The van der Waals surface area contributed by atoms with Crippen LogP contribution in [0.25, 0.3) is 6.08 Å². The van der Waals surface area contributed by atoms with Gasteiger partial charge >= 0.3 is 6.03 Å². The van der Waals surface area contributed by atoms with Crippen LogP contribution in [0.15, 0.2) is 42.0 Å². The molecule has 138 valence electrons. The number of hydrogen-bond acceptors (Lipinski definition) is 5. The number of methoxy groups -OCH3 is 1. The van der Waals surface area contributed by atoms with Gasteiger partial charge in [-0.3, -0.25) is 14.9 Å². The molecular weight excluding hydrogens is 470 g/mol. The number of ether oxygens (including phenoxy) is 1. The van der Waals surface area contributed by atoms with Crippen LogP contribution < -0.4 is 15.0 Å². The van der Waals surface area contributed by atoms with Crippen molar-refractivity contribution in [2.75, 3.05) is 12.0 Å². The van der Waals surface area contributed by atoms with Crippen molar-refractivity contribution in [1.29, 1.82) is 0 Å². The van der Waals surface area contributed by atoms with E-state index in [-0.39, 0.29) is 22.8 Å². The van der Waals surface area contributed by atoms with Gasteiger partial charge in [0.1, 0.15) is 11.4 Å². The summed E-state index contributed by atoms with van der Waals surface area (Å²) in [5.41, 5.74) is 0.249. The zero-order valence-electron chi connectivity index (χ0n) is 13.8. The lowest BCUT2D eigenvalue weighted by atomic mass is 10.1. The number of amides is 4. The van der Waals surface area contributed by atoms with Crippen molar-refractivity contribution in [2.45, 2.75) is 0 Å². The van der Waals surface area contributed by atoms with E-state index in [9.17, 15) is 23.9 Å². The van der Waals surface area contributed by atoms with Gasteiger partial charge in [0.25, 0.3) is 11.8 Å². The molecule has 3 rings (SSSR count). The molecule has 0 radical (unpaired) electrons. The minimum absolute atomic E-state index is 0.0669. The molecule has 1 fully saturated rings. The van der Waals surface area contributed by atoms with Crippen molar-refractivity contribution in [2.24, 2.45) is 0 Å². The van der Waals surface area contributed by atoms with Crippen molar-refractivity contribution in [3.05, 3.63) is 56.9 Å². The number of nitrogens with one attached hydrogen (secondary N) is 1. The highest BCUT2D eigenvalue weighted by molar-refractivity contribution is 14.1. The third-order valence-electron chi connectivity index (χ3n) is 3.77. The Morgan fingerprint density at radius 3 is 2.48 bits per heavy atom. The monoisotopic (exact) mass is 482 g/mol. The van der Waals surface area contributed by atoms with Gasteiger partial charge < -0.3 is 9.84 Å². The maximum Gasteiger partial charge on any atom is 0.335 e. The quantitative estimate of drug-likeness (QED) is 0.399. The molecule has 2 N–H and O–H groups in total. The first-order chi connectivity index (χ1) is 12.8. The number of halogens is 2. The highest BCUT2D eigenvalue weighted by atomic mass is 127. The SMILES string of the molecule is COc1cc(/C=C2\C(=O)NC(=O)N(c3ccc(F)cc3)C2=O)cc(I)c1O. The molecule has 9 heteroatoms. The molecule has 2 aromatic carbocycles. The largest absolute Gasteiger partial charge is 0.504 e. The van der Waals surface area contributed by atoms with Crippen molar-refractivity contribution < 1.29 is 28.6 Å². The van der Waals surface area contributed by atoms with Crippen LogP contribution in [0.1, 0.15) is 5.56 Å². The summed E-state index contributed by atoms with van der Waals surface area (Å²) in [5.74, 6) is -2.13. The fraction of sp³-hybridized carbons (Fsp3) is 0.0556. The van der Waals surface area contributed by atoms with E-state index in [1.54, 1.807) is 6.07 Å². The summed E-state index contributed by atoms with van der Waals surface area (Å²) in [6.07, 6.45) is 1.28. The predicted molar refractivity (Wildman–Crippen MR) is 103 cm³/mol.